The molecule has 3 aromatic rings. The zero-order chi connectivity index (χ0) is 14.7. The molecule has 0 bridgehead atoms. The second-order valence-electron chi connectivity index (χ2n) is 4.98. The second-order valence-corrected chi connectivity index (χ2v) is 4.98. The molecule has 0 aliphatic rings. The Morgan fingerprint density at radius 1 is 0.762 bits per heavy atom. The van der Waals surface area contributed by atoms with Crippen molar-refractivity contribution in [1.29, 1.82) is 0 Å². The van der Waals surface area contributed by atoms with Crippen molar-refractivity contribution in [2.75, 3.05) is 0 Å². The first-order valence-electron chi connectivity index (χ1n) is 7.14. The molecule has 0 spiro atoms. The number of benzene rings is 2. The lowest BCUT2D eigenvalue weighted by Gasteiger charge is -2.11. The average molecular weight is 275 g/mol. The predicted octanol–water partition coefficient (Wildman–Crippen LogP) is 4.20. The SMILES string of the molecule is CCn1cc(-c2ccccc2)c(=O)c(-c2ccccc2)c1. The Morgan fingerprint density at radius 3 is 1.57 bits per heavy atom. The van der Waals surface area contributed by atoms with E-state index in [1.165, 1.54) is 0 Å². The van der Waals surface area contributed by atoms with Crippen LogP contribution in [0.4, 0.5) is 0 Å². The molecule has 0 saturated heterocycles. The van der Waals surface area contributed by atoms with Gasteiger partial charge in [0.05, 0.1) is 0 Å². The van der Waals surface area contributed by atoms with Gasteiger partial charge in [0.1, 0.15) is 0 Å². The molecule has 2 aromatic carbocycles. The highest BCUT2D eigenvalue weighted by molar-refractivity contribution is 5.71. The largest absolute Gasteiger partial charge is 0.353 e. The highest BCUT2D eigenvalue weighted by Gasteiger charge is 2.10. The fourth-order valence-corrected chi connectivity index (χ4v) is 2.46. The van der Waals surface area contributed by atoms with Gasteiger partial charge in [-0.25, -0.2) is 0 Å². The maximum absolute atomic E-state index is 12.8. The summed E-state index contributed by atoms with van der Waals surface area (Å²) < 4.78 is 2.06. The molecule has 2 nitrogen and oxygen atoms in total. The van der Waals surface area contributed by atoms with Crippen LogP contribution < -0.4 is 5.43 Å². The van der Waals surface area contributed by atoms with Crippen molar-refractivity contribution in [2.45, 2.75) is 13.5 Å². The first-order chi connectivity index (χ1) is 10.3. The van der Waals surface area contributed by atoms with E-state index in [-0.39, 0.29) is 5.43 Å². The van der Waals surface area contributed by atoms with Crippen LogP contribution in [-0.2, 0) is 6.54 Å². The zero-order valence-corrected chi connectivity index (χ0v) is 12.0. The summed E-state index contributed by atoms with van der Waals surface area (Å²) in [4.78, 5) is 12.8. The molecular formula is C19H17NO. The Kier molecular flexibility index (Phi) is 3.69. The van der Waals surface area contributed by atoms with Crippen molar-refractivity contribution in [2.24, 2.45) is 0 Å². The summed E-state index contributed by atoms with van der Waals surface area (Å²) in [7, 11) is 0. The Balaban J connectivity index is 2.25. The number of hydrogen-bond acceptors (Lipinski definition) is 1. The summed E-state index contributed by atoms with van der Waals surface area (Å²) in [6.45, 7) is 2.91. The molecule has 0 aliphatic heterocycles. The Morgan fingerprint density at radius 2 is 1.19 bits per heavy atom. The molecule has 0 amide bonds. The molecule has 3 rings (SSSR count). The standard InChI is InChI=1S/C19H17NO/c1-2-20-13-17(15-9-5-3-6-10-15)19(21)18(14-20)16-11-7-4-8-12-16/h3-14H,2H2,1H3. The van der Waals surface area contributed by atoms with Crippen LogP contribution in [0.2, 0.25) is 0 Å². The van der Waals surface area contributed by atoms with Gasteiger partial charge in [0.15, 0.2) is 5.43 Å². The topological polar surface area (TPSA) is 22.0 Å². The molecule has 0 N–H and O–H groups in total. The summed E-state index contributed by atoms with van der Waals surface area (Å²) in [6.07, 6.45) is 3.87. The fourth-order valence-electron chi connectivity index (χ4n) is 2.46. The third-order valence-corrected chi connectivity index (χ3v) is 3.61. The molecule has 0 radical (unpaired) electrons. The molecule has 0 fully saturated rings. The minimum Gasteiger partial charge on any atom is -0.353 e. The van der Waals surface area contributed by atoms with Gasteiger partial charge in [0.2, 0.25) is 0 Å². The van der Waals surface area contributed by atoms with E-state index >= 15 is 0 Å². The van der Waals surface area contributed by atoms with E-state index < -0.39 is 0 Å². The maximum atomic E-state index is 12.8. The summed E-state index contributed by atoms with van der Waals surface area (Å²) in [6, 6.07) is 19.7. The van der Waals surface area contributed by atoms with Crippen molar-refractivity contribution in [1.82, 2.24) is 4.57 Å². The van der Waals surface area contributed by atoms with Crippen molar-refractivity contribution in [3.8, 4) is 22.3 Å². The lowest BCUT2D eigenvalue weighted by molar-refractivity contribution is 0.757. The number of aromatic nitrogens is 1. The van der Waals surface area contributed by atoms with E-state index in [1.807, 2.05) is 73.1 Å². The molecular weight excluding hydrogens is 258 g/mol. The van der Waals surface area contributed by atoms with Crippen LogP contribution in [0.3, 0.4) is 0 Å². The molecule has 104 valence electrons. The van der Waals surface area contributed by atoms with Gasteiger partial charge in [-0.2, -0.15) is 0 Å². The van der Waals surface area contributed by atoms with E-state index in [2.05, 4.69) is 11.5 Å². The summed E-state index contributed by atoms with van der Waals surface area (Å²) in [5.74, 6) is 0. The van der Waals surface area contributed by atoms with Crippen LogP contribution in [0, 0.1) is 0 Å². The normalized spacial score (nSPS) is 10.5. The predicted molar refractivity (Wildman–Crippen MR) is 87.2 cm³/mol. The minimum atomic E-state index is 0.0806. The molecule has 0 saturated carbocycles. The monoisotopic (exact) mass is 275 g/mol. The first kappa shape index (κ1) is 13.4. The maximum Gasteiger partial charge on any atom is 0.197 e. The van der Waals surface area contributed by atoms with Crippen LogP contribution in [0.15, 0.2) is 77.9 Å². The number of nitrogens with zero attached hydrogens (tertiary/aromatic N) is 1. The zero-order valence-electron chi connectivity index (χ0n) is 12.0. The van der Waals surface area contributed by atoms with Gasteiger partial charge in [0, 0.05) is 30.1 Å². The third-order valence-electron chi connectivity index (χ3n) is 3.61. The molecule has 2 heteroatoms. The molecule has 0 unspecified atom stereocenters. The number of aryl methyl sites for hydroxylation is 1. The number of pyridine rings is 1. The minimum absolute atomic E-state index is 0.0806. The van der Waals surface area contributed by atoms with E-state index in [1.54, 1.807) is 0 Å². The number of rotatable bonds is 3. The lowest BCUT2D eigenvalue weighted by atomic mass is 10.0. The molecule has 21 heavy (non-hydrogen) atoms. The van der Waals surface area contributed by atoms with Crippen molar-refractivity contribution >= 4 is 0 Å². The van der Waals surface area contributed by atoms with Gasteiger partial charge >= 0.3 is 0 Å². The van der Waals surface area contributed by atoms with Gasteiger partial charge in [0.25, 0.3) is 0 Å². The highest BCUT2D eigenvalue weighted by Crippen LogP contribution is 2.20. The fraction of sp³-hybridized carbons (Fsp3) is 0.105. The number of hydrogen-bond donors (Lipinski definition) is 0. The van der Waals surface area contributed by atoms with Gasteiger partial charge in [-0.15, -0.1) is 0 Å². The van der Waals surface area contributed by atoms with Crippen molar-refractivity contribution in [3.05, 3.63) is 83.3 Å². The van der Waals surface area contributed by atoms with E-state index in [4.69, 9.17) is 0 Å². The molecule has 1 heterocycles. The van der Waals surface area contributed by atoms with Crippen LogP contribution in [0.25, 0.3) is 22.3 Å². The summed E-state index contributed by atoms with van der Waals surface area (Å²) in [5.41, 5.74) is 3.50. The van der Waals surface area contributed by atoms with E-state index in [0.29, 0.717) is 0 Å². The van der Waals surface area contributed by atoms with Gasteiger partial charge in [-0.05, 0) is 18.1 Å². The Bertz CT molecular complexity index is 725. The summed E-state index contributed by atoms with van der Waals surface area (Å²) >= 11 is 0. The quantitative estimate of drug-likeness (QED) is 0.702. The Hall–Kier alpha value is -2.61. The first-order valence-corrected chi connectivity index (χ1v) is 7.14. The smallest absolute Gasteiger partial charge is 0.197 e. The Labute approximate surface area is 124 Å². The van der Waals surface area contributed by atoms with Crippen LogP contribution in [-0.4, -0.2) is 4.57 Å². The third kappa shape index (κ3) is 2.65. The lowest BCUT2D eigenvalue weighted by Crippen LogP contribution is -2.12. The van der Waals surface area contributed by atoms with Crippen LogP contribution in [0.1, 0.15) is 6.92 Å². The van der Waals surface area contributed by atoms with Crippen molar-refractivity contribution < 1.29 is 0 Å². The van der Waals surface area contributed by atoms with Gasteiger partial charge < -0.3 is 4.57 Å². The summed E-state index contributed by atoms with van der Waals surface area (Å²) in [5, 5.41) is 0. The van der Waals surface area contributed by atoms with Crippen LogP contribution >= 0.6 is 0 Å². The van der Waals surface area contributed by atoms with Crippen LogP contribution in [0.5, 0.6) is 0 Å². The van der Waals surface area contributed by atoms with Gasteiger partial charge in [-0.1, -0.05) is 60.7 Å². The molecule has 0 atom stereocenters. The second kappa shape index (κ2) is 5.80. The highest BCUT2D eigenvalue weighted by atomic mass is 16.1. The van der Waals surface area contributed by atoms with Gasteiger partial charge in [-0.3, -0.25) is 4.79 Å². The van der Waals surface area contributed by atoms with E-state index in [0.717, 1.165) is 28.8 Å². The van der Waals surface area contributed by atoms with Crippen molar-refractivity contribution in [3.63, 3.8) is 0 Å². The molecule has 1 aromatic heterocycles. The van der Waals surface area contributed by atoms with E-state index in [9.17, 15) is 4.79 Å². The molecule has 0 aliphatic carbocycles. The average Bonchev–Trinajstić information content (AvgIpc) is 2.57.